The summed E-state index contributed by atoms with van der Waals surface area (Å²) in [6.07, 6.45) is 4.92. The summed E-state index contributed by atoms with van der Waals surface area (Å²) in [5, 5.41) is 16.9. The van der Waals surface area contributed by atoms with Crippen molar-refractivity contribution in [2.24, 2.45) is 0 Å². The zero-order valence-electron chi connectivity index (χ0n) is 9.93. The van der Waals surface area contributed by atoms with Gasteiger partial charge in [0.2, 0.25) is 0 Å². The summed E-state index contributed by atoms with van der Waals surface area (Å²) in [5.74, 6) is 1.84. The first-order chi connectivity index (χ1) is 8.18. The first kappa shape index (κ1) is 12.4. The average Bonchev–Trinajstić information content (AvgIpc) is 2.87. The Morgan fingerprint density at radius 3 is 2.82 bits per heavy atom. The smallest absolute Gasteiger partial charge is 0.313 e. The summed E-state index contributed by atoms with van der Waals surface area (Å²) >= 11 is 1.38. The molecule has 6 heteroatoms. The topological polar surface area (TPSA) is 68.0 Å². The van der Waals surface area contributed by atoms with Crippen LogP contribution >= 0.6 is 11.8 Å². The molecule has 0 aromatic carbocycles. The minimum absolute atomic E-state index is 0.122. The van der Waals surface area contributed by atoms with Crippen LogP contribution in [0.2, 0.25) is 0 Å². The number of nitrogens with zero attached hydrogens (tertiary/aromatic N) is 3. The van der Waals surface area contributed by atoms with E-state index in [2.05, 4.69) is 14.8 Å². The van der Waals surface area contributed by atoms with E-state index >= 15 is 0 Å². The first-order valence-corrected chi connectivity index (χ1v) is 7.04. The lowest BCUT2D eigenvalue weighted by Gasteiger charge is -2.15. The van der Waals surface area contributed by atoms with Crippen molar-refractivity contribution in [2.75, 3.05) is 5.75 Å². The second-order valence-electron chi connectivity index (χ2n) is 4.36. The Hall–Kier alpha value is -1.04. The molecule has 1 aliphatic carbocycles. The number of carboxylic acids is 1. The number of aryl methyl sites for hydroxylation is 1. The lowest BCUT2D eigenvalue weighted by atomic mass is 10.2. The second kappa shape index (κ2) is 5.53. The largest absolute Gasteiger partial charge is 0.481 e. The van der Waals surface area contributed by atoms with Crippen LogP contribution in [0.15, 0.2) is 0 Å². The van der Waals surface area contributed by atoms with Crippen molar-refractivity contribution < 1.29 is 9.90 Å². The predicted octanol–water partition coefficient (Wildman–Crippen LogP) is 2.02. The molecule has 0 bridgehead atoms. The number of thioether (sulfide) groups is 1. The summed E-state index contributed by atoms with van der Waals surface area (Å²) in [6, 6.07) is 0.519. The Morgan fingerprint density at radius 1 is 1.47 bits per heavy atom. The predicted molar refractivity (Wildman–Crippen MR) is 66.1 cm³/mol. The van der Waals surface area contributed by atoms with Crippen LogP contribution in [0.1, 0.15) is 43.4 Å². The van der Waals surface area contributed by atoms with Crippen molar-refractivity contribution in [3.8, 4) is 0 Å². The molecule has 0 aliphatic heterocycles. The molecule has 94 valence electrons. The number of carboxylic acid groups (broad SMARTS) is 1. The van der Waals surface area contributed by atoms with Crippen LogP contribution in [0, 0.1) is 6.92 Å². The molecule has 5 nitrogen and oxygen atoms in total. The fourth-order valence-corrected chi connectivity index (χ4v) is 3.03. The molecule has 17 heavy (non-hydrogen) atoms. The van der Waals surface area contributed by atoms with Crippen LogP contribution in [0.4, 0.5) is 0 Å². The van der Waals surface area contributed by atoms with Crippen LogP contribution < -0.4 is 0 Å². The number of rotatable bonds is 5. The van der Waals surface area contributed by atoms with E-state index in [4.69, 9.17) is 5.11 Å². The lowest BCUT2D eigenvalue weighted by Crippen LogP contribution is -2.11. The first-order valence-electron chi connectivity index (χ1n) is 5.88. The standard InChI is InChI=1S/C11H17N3O2S/c1-8-12-13-10(6-17-7-11(15)16)14(8)9-4-2-3-5-9/h9H,2-7H2,1H3,(H,15,16). The lowest BCUT2D eigenvalue weighted by molar-refractivity contribution is -0.133. The molecule has 1 aromatic heterocycles. The monoisotopic (exact) mass is 255 g/mol. The average molecular weight is 255 g/mol. The summed E-state index contributed by atoms with van der Waals surface area (Å²) in [4.78, 5) is 10.5. The molecule has 2 rings (SSSR count). The molecule has 0 atom stereocenters. The zero-order valence-corrected chi connectivity index (χ0v) is 10.7. The van der Waals surface area contributed by atoms with Crippen LogP contribution in [0.25, 0.3) is 0 Å². The van der Waals surface area contributed by atoms with Gasteiger partial charge in [0.1, 0.15) is 11.6 Å². The van der Waals surface area contributed by atoms with Gasteiger partial charge in [0.05, 0.1) is 11.5 Å². The van der Waals surface area contributed by atoms with Gasteiger partial charge in [-0.3, -0.25) is 4.79 Å². The second-order valence-corrected chi connectivity index (χ2v) is 5.34. The number of hydrogen-bond donors (Lipinski definition) is 1. The van der Waals surface area contributed by atoms with Gasteiger partial charge in [-0.1, -0.05) is 12.8 Å². The van der Waals surface area contributed by atoms with Crippen LogP contribution in [0.3, 0.4) is 0 Å². The Morgan fingerprint density at radius 2 is 2.18 bits per heavy atom. The van der Waals surface area contributed by atoms with Gasteiger partial charge in [-0.25, -0.2) is 0 Å². The van der Waals surface area contributed by atoms with Crippen LogP contribution in [-0.2, 0) is 10.5 Å². The van der Waals surface area contributed by atoms with E-state index in [9.17, 15) is 4.79 Å². The van der Waals surface area contributed by atoms with Crippen molar-refractivity contribution in [2.45, 2.75) is 44.4 Å². The van der Waals surface area contributed by atoms with Gasteiger partial charge in [-0.2, -0.15) is 0 Å². The SMILES string of the molecule is Cc1nnc(CSCC(=O)O)n1C1CCCC1. The van der Waals surface area contributed by atoms with E-state index in [0.29, 0.717) is 11.8 Å². The fraction of sp³-hybridized carbons (Fsp3) is 0.727. The highest BCUT2D eigenvalue weighted by atomic mass is 32.2. The summed E-state index contributed by atoms with van der Waals surface area (Å²) < 4.78 is 2.20. The molecule has 1 fully saturated rings. The van der Waals surface area contributed by atoms with Crippen LogP contribution in [0.5, 0.6) is 0 Å². The van der Waals surface area contributed by atoms with E-state index in [-0.39, 0.29) is 5.75 Å². The maximum absolute atomic E-state index is 10.5. The maximum atomic E-state index is 10.5. The van der Waals surface area contributed by atoms with E-state index in [1.165, 1.54) is 37.4 Å². The van der Waals surface area contributed by atoms with Gasteiger partial charge < -0.3 is 9.67 Å². The van der Waals surface area contributed by atoms with Crippen LogP contribution in [-0.4, -0.2) is 31.6 Å². The van der Waals surface area contributed by atoms with Crippen molar-refractivity contribution in [1.82, 2.24) is 14.8 Å². The highest BCUT2D eigenvalue weighted by Crippen LogP contribution is 2.31. The summed E-state index contributed by atoms with van der Waals surface area (Å²) in [5.41, 5.74) is 0. The molecule has 1 aromatic rings. The highest BCUT2D eigenvalue weighted by Gasteiger charge is 2.22. The minimum atomic E-state index is -0.779. The summed E-state index contributed by atoms with van der Waals surface area (Å²) in [7, 11) is 0. The highest BCUT2D eigenvalue weighted by molar-refractivity contribution is 7.99. The molecule has 1 N–H and O–H groups in total. The molecule has 0 unspecified atom stereocenters. The van der Waals surface area contributed by atoms with Gasteiger partial charge in [-0.05, 0) is 19.8 Å². The molecular weight excluding hydrogens is 238 g/mol. The summed E-state index contributed by atoms with van der Waals surface area (Å²) in [6.45, 7) is 1.97. The Balaban J connectivity index is 2.03. The molecule has 0 amide bonds. The maximum Gasteiger partial charge on any atom is 0.313 e. The molecular formula is C11H17N3O2S. The molecule has 0 radical (unpaired) electrons. The molecule has 1 heterocycles. The third kappa shape index (κ3) is 3.00. The number of carbonyl (C=O) groups is 1. The minimum Gasteiger partial charge on any atom is -0.481 e. The van der Waals surface area contributed by atoms with Crippen molar-refractivity contribution in [1.29, 1.82) is 0 Å². The molecule has 0 spiro atoms. The third-order valence-electron chi connectivity index (χ3n) is 3.08. The quantitative estimate of drug-likeness (QED) is 0.871. The molecule has 1 aliphatic rings. The fourth-order valence-electron chi connectivity index (χ4n) is 2.38. The Kier molecular flexibility index (Phi) is 4.04. The third-order valence-corrected chi connectivity index (χ3v) is 4.00. The van der Waals surface area contributed by atoms with Gasteiger partial charge >= 0.3 is 5.97 Å². The number of hydrogen-bond acceptors (Lipinski definition) is 4. The van der Waals surface area contributed by atoms with E-state index in [1.54, 1.807) is 0 Å². The van der Waals surface area contributed by atoms with E-state index in [1.807, 2.05) is 6.92 Å². The van der Waals surface area contributed by atoms with Crippen molar-refractivity contribution >= 4 is 17.7 Å². The molecule has 0 saturated heterocycles. The number of aliphatic carboxylic acids is 1. The van der Waals surface area contributed by atoms with Gasteiger partial charge in [0.15, 0.2) is 0 Å². The zero-order chi connectivity index (χ0) is 12.3. The number of aromatic nitrogens is 3. The van der Waals surface area contributed by atoms with Crippen molar-refractivity contribution in [3.05, 3.63) is 11.6 Å². The normalized spacial score (nSPS) is 16.5. The Labute approximate surface area is 105 Å². The molecule has 1 saturated carbocycles. The van der Waals surface area contributed by atoms with E-state index in [0.717, 1.165) is 11.6 Å². The van der Waals surface area contributed by atoms with Gasteiger partial charge in [0, 0.05) is 6.04 Å². The van der Waals surface area contributed by atoms with Crippen molar-refractivity contribution in [3.63, 3.8) is 0 Å². The van der Waals surface area contributed by atoms with Gasteiger partial charge in [0.25, 0.3) is 0 Å². The van der Waals surface area contributed by atoms with E-state index < -0.39 is 5.97 Å². The van der Waals surface area contributed by atoms with Gasteiger partial charge in [-0.15, -0.1) is 22.0 Å². The Bertz CT molecular complexity index is 399.